The zero-order valence-corrected chi connectivity index (χ0v) is 7.86. The summed E-state index contributed by atoms with van der Waals surface area (Å²) in [7, 11) is 0. The second kappa shape index (κ2) is 3.38. The summed E-state index contributed by atoms with van der Waals surface area (Å²) in [6, 6.07) is 5.53. The van der Waals surface area contributed by atoms with Crippen LogP contribution in [0.4, 0.5) is 0 Å². The van der Waals surface area contributed by atoms with E-state index in [1.54, 1.807) is 6.20 Å². The Labute approximate surface area is 82.5 Å². The van der Waals surface area contributed by atoms with E-state index in [9.17, 15) is 4.79 Å². The van der Waals surface area contributed by atoms with Crippen molar-refractivity contribution < 1.29 is 4.79 Å². The smallest absolute Gasteiger partial charge is 0.243 e. The molecule has 3 N–H and O–H groups in total. The number of carbonyl (C=O) groups is 1. The predicted molar refractivity (Wildman–Crippen MR) is 52.3 cm³/mol. The van der Waals surface area contributed by atoms with Crippen LogP contribution in [-0.4, -0.2) is 17.4 Å². The van der Waals surface area contributed by atoms with Crippen LogP contribution < -0.4 is 11.1 Å². The molecule has 2 rings (SSSR count). The van der Waals surface area contributed by atoms with Gasteiger partial charge >= 0.3 is 0 Å². The summed E-state index contributed by atoms with van der Waals surface area (Å²) in [6.45, 7) is 0.819. The van der Waals surface area contributed by atoms with Crippen molar-refractivity contribution in [2.24, 2.45) is 5.73 Å². The molecule has 1 atom stereocenters. The summed E-state index contributed by atoms with van der Waals surface area (Å²) >= 11 is 0. The molecule has 4 nitrogen and oxygen atoms in total. The van der Waals surface area contributed by atoms with Crippen molar-refractivity contribution in [2.45, 2.75) is 18.4 Å². The van der Waals surface area contributed by atoms with Gasteiger partial charge in [0.25, 0.3) is 0 Å². The van der Waals surface area contributed by atoms with Crippen molar-refractivity contribution in [1.29, 1.82) is 0 Å². The average Bonchev–Trinajstić information content (AvgIpc) is 2.69. The third kappa shape index (κ3) is 1.28. The third-order valence-electron chi connectivity index (χ3n) is 2.68. The lowest BCUT2D eigenvalue weighted by Gasteiger charge is -2.24. The number of aromatic nitrogens is 1. The summed E-state index contributed by atoms with van der Waals surface area (Å²) in [5.74, 6) is -0.339. The topological polar surface area (TPSA) is 68.0 Å². The zero-order valence-electron chi connectivity index (χ0n) is 7.86. The molecule has 1 aliphatic heterocycles. The number of amides is 1. The molecule has 1 aromatic rings. The Morgan fingerprint density at radius 1 is 1.57 bits per heavy atom. The highest BCUT2D eigenvalue weighted by Gasteiger charge is 2.42. The number of pyridine rings is 1. The molecule has 1 fully saturated rings. The predicted octanol–water partition coefficient (Wildman–Crippen LogP) is 0.146. The molecule has 0 bridgehead atoms. The first-order chi connectivity index (χ1) is 6.76. The lowest BCUT2D eigenvalue weighted by molar-refractivity contribution is -0.124. The lowest BCUT2D eigenvalue weighted by Crippen LogP contribution is -2.49. The molecule has 1 aromatic heterocycles. The highest BCUT2D eigenvalue weighted by atomic mass is 16.1. The van der Waals surface area contributed by atoms with E-state index in [0.29, 0.717) is 0 Å². The van der Waals surface area contributed by atoms with Gasteiger partial charge in [-0.1, -0.05) is 6.07 Å². The number of hydrogen-bond donors (Lipinski definition) is 2. The van der Waals surface area contributed by atoms with Crippen LogP contribution in [0.2, 0.25) is 0 Å². The first-order valence-electron chi connectivity index (χ1n) is 4.72. The Morgan fingerprint density at radius 3 is 2.93 bits per heavy atom. The lowest BCUT2D eigenvalue weighted by atomic mass is 9.92. The monoisotopic (exact) mass is 191 g/mol. The maximum absolute atomic E-state index is 11.4. The molecule has 0 aromatic carbocycles. The third-order valence-corrected chi connectivity index (χ3v) is 2.68. The van der Waals surface area contributed by atoms with Crippen LogP contribution in [0.15, 0.2) is 24.4 Å². The van der Waals surface area contributed by atoms with Crippen LogP contribution in [0, 0.1) is 0 Å². The minimum absolute atomic E-state index is 0.339. The number of rotatable bonds is 2. The van der Waals surface area contributed by atoms with Crippen LogP contribution in [0.5, 0.6) is 0 Å². The van der Waals surface area contributed by atoms with Crippen molar-refractivity contribution in [2.75, 3.05) is 6.54 Å². The number of nitrogens with one attached hydrogen (secondary N) is 1. The Kier molecular flexibility index (Phi) is 2.21. The first kappa shape index (κ1) is 9.15. The van der Waals surface area contributed by atoms with Gasteiger partial charge in [0.2, 0.25) is 5.91 Å². The van der Waals surface area contributed by atoms with Gasteiger partial charge in [-0.05, 0) is 31.5 Å². The Hall–Kier alpha value is -1.42. The molecule has 0 saturated carbocycles. The molecule has 1 saturated heterocycles. The highest BCUT2D eigenvalue weighted by Crippen LogP contribution is 2.28. The number of carbonyl (C=O) groups excluding carboxylic acids is 1. The van der Waals surface area contributed by atoms with E-state index in [-0.39, 0.29) is 5.91 Å². The molecule has 4 heteroatoms. The summed E-state index contributed by atoms with van der Waals surface area (Å²) in [4.78, 5) is 15.6. The fraction of sp³-hybridized carbons (Fsp3) is 0.400. The van der Waals surface area contributed by atoms with Crippen LogP contribution in [-0.2, 0) is 10.3 Å². The minimum atomic E-state index is -0.735. The van der Waals surface area contributed by atoms with Crippen molar-refractivity contribution >= 4 is 5.91 Å². The first-order valence-corrected chi connectivity index (χ1v) is 4.72. The molecule has 1 amide bonds. The van der Waals surface area contributed by atoms with Crippen LogP contribution in [0.25, 0.3) is 0 Å². The fourth-order valence-electron chi connectivity index (χ4n) is 1.91. The molecule has 1 aliphatic rings. The second-order valence-corrected chi connectivity index (χ2v) is 3.51. The van der Waals surface area contributed by atoms with Gasteiger partial charge in [-0.25, -0.2) is 0 Å². The van der Waals surface area contributed by atoms with Gasteiger partial charge in [0.05, 0.1) is 5.69 Å². The molecule has 74 valence electrons. The molecular weight excluding hydrogens is 178 g/mol. The Morgan fingerprint density at radius 2 is 2.43 bits per heavy atom. The van der Waals surface area contributed by atoms with Gasteiger partial charge in [0.1, 0.15) is 5.54 Å². The Balaban J connectivity index is 2.42. The van der Waals surface area contributed by atoms with Gasteiger partial charge in [0, 0.05) is 6.20 Å². The summed E-state index contributed by atoms with van der Waals surface area (Å²) in [5.41, 5.74) is 5.42. The van der Waals surface area contributed by atoms with Crippen LogP contribution in [0.1, 0.15) is 18.5 Å². The number of nitrogens with zero attached hydrogens (tertiary/aromatic N) is 1. The van der Waals surface area contributed by atoms with Crippen molar-refractivity contribution in [3.05, 3.63) is 30.1 Å². The van der Waals surface area contributed by atoms with Crippen LogP contribution in [0.3, 0.4) is 0 Å². The minimum Gasteiger partial charge on any atom is -0.368 e. The van der Waals surface area contributed by atoms with E-state index in [2.05, 4.69) is 10.3 Å². The summed E-state index contributed by atoms with van der Waals surface area (Å²) < 4.78 is 0. The Bertz CT molecular complexity index is 330. The summed E-state index contributed by atoms with van der Waals surface area (Å²) in [5, 5.41) is 3.15. The molecule has 0 radical (unpaired) electrons. The maximum Gasteiger partial charge on any atom is 0.243 e. The number of hydrogen-bond acceptors (Lipinski definition) is 3. The van der Waals surface area contributed by atoms with Gasteiger partial charge in [-0.2, -0.15) is 0 Å². The van der Waals surface area contributed by atoms with Crippen LogP contribution >= 0.6 is 0 Å². The van der Waals surface area contributed by atoms with E-state index in [4.69, 9.17) is 5.73 Å². The second-order valence-electron chi connectivity index (χ2n) is 3.51. The number of nitrogens with two attached hydrogens (primary N) is 1. The standard InChI is InChI=1S/C10H13N3O/c11-9(14)10(5-3-7-13-10)8-4-1-2-6-12-8/h1-2,4,6,13H,3,5,7H2,(H2,11,14)/t10-/m1/s1. The van der Waals surface area contributed by atoms with Gasteiger partial charge in [-0.3, -0.25) is 15.1 Å². The largest absolute Gasteiger partial charge is 0.368 e. The zero-order chi connectivity index (χ0) is 10.0. The van der Waals surface area contributed by atoms with Gasteiger partial charge < -0.3 is 5.73 Å². The van der Waals surface area contributed by atoms with Crippen molar-refractivity contribution in [1.82, 2.24) is 10.3 Å². The molecule has 0 unspecified atom stereocenters. The fourth-order valence-corrected chi connectivity index (χ4v) is 1.91. The van der Waals surface area contributed by atoms with E-state index >= 15 is 0 Å². The molecular formula is C10H13N3O. The SMILES string of the molecule is NC(=O)[C@]1(c2ccccn2)CCCN1. The quantitative estimate of drug-likeness (QED) is 0.699. The molecule has 2 heterocycles. The number of primary amides is 1. The molecule has 14 heavy (non-hydrogen) atoms. The van der Waals surface area contributed by atoms with E-state index < -0.39 is 5.54 Å². The van der Waals surface area contributed by atoms with E-state index in [0.717, 1.165) is 25.1 Å². The highest BCUT2D eigenvalue weighted by molar-refractivity contribution is 5.86. The van der Waals surface area contributed by atoms with Crippen molar-refractivity contribution in [3.8, 4) is 0 Å². The molecule has 0 spiro atoms. The van der Waals surface area contributed by atoms with Crippen molar-refractivity contribution in [3.63, 3.8) is 0 Å². The van der Waals surface area contributed by atoms with Gasteiger partial charge in [-0.15, -0.1) is 0 Å². The average molecular weight is 191 g/mol. The molecule has 0 aliphatic carbocycles. The summed E-state index contributed by atoms with van der Waals surface area (Å²) in [6.07, 6.45) is 3.37. The van der Waals surface area contributed by atoms with Gasteiger partial charge in [0.15, 0.2) is 0 Å². The normalized spacial score (nSPS) is 26.3. The maximum atomic E-state index is 11.4. The van der Waals surface area contributed by atoms with E-state index in [1.165, 1.54) is 0 Å². The van der Waals surface area contributed by atoms with E-state index in [1.807, 2.05) is 18.2 Å².